The molecule has 0 saturated carbocycles. The number of carbonyl (C=O) groups excluding carboxylic acids is 1. The van der Waals surface area contributed by atoms with Crippen molar-refractivity contribution in [2.24, 2.45) is 0 Å². The van der Waals surface area contributed by atoms with E-state index in [4.69, 9.17) is 11.2 Å². The van der Waals surface area contributed by atoms with Crippen molar-refractivity contribution < 1.29 is 9.53 Å². The van der Waals surface area contributed by atoms with E-state index in [0.717, 1.165) is 11.3 Å². The lowest BCUT2D eigenvalue weighted by Gasteiger charge is -2.11. The molecule has 0 saturated heterocycles. The largest absolute Gasteiger partial charge is 0.457 e. The van der Waals surface area contributed by atoms with Crippen LogP contribution in [0.3, 0.4) is 0 Å². The van der Waals surface area contributed by atoms with Gasteiger partial charge >= 0.3 is 0 Å². The molecule has 0 aliphatic carbocycles. The molecule has 100 valence electrons. The fourth-order valence-electron chi connectivity index (χ4n) is 1.82. The Morgan fingerprint density at radius 1 is 1.25 bits per heavy atom. The Balaban J connectivity index is 2.28. The van der Waals surface area contributed by atoms with Gasteiger partial charge in [0.25, 0.3) is 0 Å². The highest BCUT2D eigenvalue weighted by molar-refractivity contribution is 5.88. The van der Waals surface area contributed by atoms with Crippen LogP contribution >= 0.6 is 0 Å². The normalized spacial score (nSPS) is 9.60. The zero-order valence-corrected chi connectivity index (χ0v) is 11.2. The molecule has 0 unspecified atom stereocenters. The van der Waals surface area contributed by atoms with E-state index in [2.05, 4.69) is 11.2 Å². The summed E-state index contributed by atoms with van der Waals surface area (Å²) in [6, 6.07) is 14.9. The average molecular weight is 265 g/mol. The molecule has 0 spiro atoms. The predicted octanol–water partition coefficient (Wildman–Crippen LogP) is 3.61. The summed E-state index contributed by atoms with van der Waals surface area (Å²) >= 11 is 0. The summed E-state index contributed by atoms with van der Waals surface area (Å²) < 4.78 is 5.81. The van der Waals surface area contributed by atoms with Crippen LogP contribution in [0, 0.1) is 12.3 Å². The van der Waals surface area contributed by atoms with Crippen molar-refractivity contribution in [1.82, 2.24) is 0 Å². The van der Waals surface area contributed by atoms with Crippen molar-refractivity contribution in [3.05, 3.63) is 54.1 Å². The van der Waals surface area contributed by atoms with Gasteiger partial charge < -0.3 is 10.1 Å². The highest BCUT2D eigenvalue weighted by Gasteiger charge is 2.06. The van der Waals surface area contributed by atoms with Crippen molar-refractivity contribution in [3.63, 3.8) is 0 Å². The van der Waals surface area contributed by atoms with Crippen LogP contribution in [0.4, 0.5) is 5.69 Å². The minimum Gasteiger partial charge on any atom is -0.457 e. The summed E-state index contributed by atoms with van der Waals surface area (Å²) in [5, 5.41) is 2.73. The Kier molecular flexibility index (Phi) is 4.41. The van der Waals surface area contributed by atoms with Crippen LogP contribution in [0.1, 0.15) is 12.5 Å². The van der Waals surface area contributed by atoms with E-state index in [1.165, 1.54) is 6.92 Å². The van der Waals surface area contributed by atoms with Gasteiger partial charge in [-0.15, -0.1) is 12.3 Å². The Bertz CT molecular complexity index is 642. The summed E-state index contributed by atoms with van der Waals surface area (Å²) in [5.41, 5.74) is 1.57. The minimum absolute atomic E-state index is 0.117. The molecule has 0 aliphatic rings. The SMILES string of the molecule is C#CCc1cc(NC(C)=O)ccc1Oc1ccccc1. The Hall–Kier alpha value is -2.73. The molecular weight excluding hydrogens is 250 g/mol. The number of terminal acetylenes is 1. The highest BCUT2D eigenvalue weighted by Crippen LogP contribution is 2.28. The zero-order valence-electron chi connectivity index (χ0n) is 11.2. The van der Waals surface area contributed by atoms with Crippen LogP contribution in [-0.4, -0.2) is 5.91 Å². The zero-order chi connectivity index (χ0) is 14.4. The van der Waals surface area contributed by atoms with Gasteiger partial charge in [0.15, 0.2) is 0 Å². The summed E-state index contributed by atoms with van der Waals surface area (Å²) in [6.45, 7) is 1.47. The van der Waals surface area contributed by atoms with Gasteiger partial charge in [0.1, 0.15) is 11.5 Å². The molecule has 0 aromatic heterocycles. The molecule has 1 amide bonds. The molecule has 2 aromatic carbocycles. The first kappa shape index (κ1) is 13.7. The van der Waals surface area contributed by atoms with E-state index in [0.29, 0.717) is 17.9 Å². The van der Waals surface area contributed by atoms with Crippen molar-refractivity contribution in [1.29, 1.82) is 0 Å². The smallest absolute Gasteiger partial charge is 0.221 e. The second-order valence-corrected chi connectivity index (χ2v) is 4.30. The highest BCUT2D eigenvalue weighted by atomic mass is 16.5. The summed E-state index contributed by atoms with van der Waals surface area (Å²) in [5.74, 6) is 3.93. The second-order valence-electron chi connectivity index (χ2n) is 4.30. The molecule has 0 heterocycles. The maximum absolute atomic E-state index is 11.1. The first-order valence-corrected chi connectivity index (χ1v) is 6.26. The van der Waals surface area contributed by atoms with Crippen molar-refractivity contribution in [2.45, 2.75) is 13.3 Å². The number of hydrogen-bond donors (Lipinski definition) is 1. The van der Waals surface area contributed by atoms with Gasteiger partial charge in [-0.25, -0.2) is 0 Å². The first-order valence-electron chi connectivity index (χ1n) is 6.26. The monoisotopic (exact) mass is 265 g/mol. The lowest BCUT2D eigenvalue weighted by Crippen LogP contribution is -2.06. The number of anilines is 1. The molecular formula is C17H15NO2. The molecule has 3 heteroatoms. The van der Waals surface area contributed by atoms with E-state index in [1.807, 2.05) is 42.5 Å². The molecule has 3 nitrogen and oxygen atoms in total. The number of hydrogen-bond acceptors (Lipinski definition) is 2. The Morgan fingerprint density at radius 3 is 2.65 bits per heavy atom. The van der Waals surface area contributed by atoms with Gasteiger partial charge in [-0.05, 0) is 30.3 Å². The number of nitrogens with one attached hydrogen (secondary N) is 1. The number of para-hydroxylation sites is 1. The molecule has 0 aliphatic heterocycles. The summed E-state index contributed by atoms with van der Waals surface area (Å²) in [4.78, 5) is 11.1. The van der Waals surface area contributed by atoms with Gasteiger partial charge in [-0.1, -0.05) is 18.2 Å². The molecule has 20 heavy (non-hydrogen) atoms. The third-order valence-corrected chi connectivity index (χ3v) is 2.64. The van der Waals surface area contributed by atoms with Crippen molar-refractivity contribution in [2.75, 3.05) is 5.32 Å². The van der Waals surface area contributed by atoms with Crippen LogP contribution < -0.4 is 10.1 Å². The molecule has 2 aromatic rings. The predicted molar refractivity (Wildman–Crippen MR) is 79.8 cm³/mol. The lowest BCUT2D eigenvalue weighted by molar-refractivity contribution is -0.114. The summed E-state index contributed by atoms with van der Waals surface area (Å²) in [6.07, 6.45) is 5.82. The van der Waals surface area contributed by atoms with Crippen molar-refractivity contribution in [3.8, 4) is 23.8 Å². The van der Waals surface area contributed by atoms with Crippen LogP contribution in [0.25, 0.3) is 0 Å². The van der Waals surface area contributed by atoms with E-state index >= 15 is 0 Å². The van der Waals surface area contributed by atoms with Crippen LogP contribution in [0.15, 0.2) is 48.5 Å². The van der Waals surface area contributed by atoms with E-state index in [1.54, 1.807) is 6.07 Å². The first-order chi connectivity index (χ1) is 9.69. The van der Waals surface area contributed by atoms with Gasteiger partial charge in [0.2, 0.25) is 5.91 Å². The Morgan fingerprint density at radius 2 is 2.00 bits per heavy atom. The van der Waals surface area contributed by atoms with Crippen LogP contribution in [0.2, 0.25) is 0 Å². The van der Waals surface area contributed by atoms with Gasteiger partial charge in [-0.3, -0.25) is 4.79 Å². The number of benzene rings is 2. The number of rotatable bonds is 4. The maximum Gasteiger partial charge on any atom is 0.221 e. The van der Waals surface area contributed by atoms with Gasteiger partial charge in [-0.2, -0.15) is 0 Å². The maximum atomic E-state index is 11.1. The molecule has 2 rings (SSSR count). The number of amides is 1. The number of carbonyl (C=O) groups is 1. The fourth-order valence-corrected chi connectivity index (χ4v) is 1.82. The molecule has 0 radical (unpaired) electrons. The number of ether oxygens (including phenoxy) is 1. The third-order valence-electron chi connectivity index (χ3n) is 2.64. The van der Waals surface area contributed by atoms with Gasteiger partial charge in [0, 0.05) is 24.6 Å². The van der Waals surface area contributed by atoms with Crippen molar-refractivity contribution >= 4 is 11.6 Å². The van der Waals surface area contributed by atoms with Gasteiger partial charge in [0.05, 0.1) is 0 Å². The quantitative estimate of drug-likeness (QED) is 0.857. The average Bonchev–Trinajstić information content (AvgIpc) is 2.42. The van der Waals surface area contributed by atoms with E-state index in [9.17, 15) is 4.79 Å². The third kappa shape index (κ3) is 3.63. The topological polar surface area (TPSA) is 38.3 Å². The van der Waals surface area contributed by atoms with E-state index in [-0.39, 0.29) is 5.91 Å². The summed E-state index contributed by atoms with van der Waals surface area (Å²) in [7, 11) is 0. The molecule has 1 N–H and O–H groups in total. The van der Waals surface area contributed by atoms with Crippen LogP contribution in [0.5, 0.6) is 11.5 Å². The Labute approximate surface area is 118 Å². The minimum atomic E-state index is -0.117. The second kappa shape index (κ2) is 6.44. The fraction of sp³-hybridized carbons (Fsp3) is 0.118. The van der Waals surface area contributed by atoms with Crippen LogP contribution in [-0.2, 0) is 11.2 Å². The molecule has 0 fully saturated rings. The standard InChI is InChI=1S/C17H15NO2/c1-3-7-14-12-15(18-13(2)19)10-11-17(14)20-16-8-5-4-6-9-16/h1,4-6,8-12H,7H2,2H3,(H,18,19). The molecule has 0 atom stereocenters. The lowest BCUT2D eigenvalue weighted by atomic mass is 10.1. The molecule has 0 bridgehead atoms. The van der Waals surface area contributed by atoms with E-state index < -0.39 is 0 Å².